The Hall–Kier alpha value is -1.44. The Bertz CT molecular complexity index is 634. The molecular formula is C18H25BFNO4. The smallest absolute Gasteiger partial charge is 0.451 e. The zero-order valence-corrected chi connectivity index (χ0v) is 14.2. The maximum atomic E-state index is 14.6. The van der Waals surface area contributed by atoms with E-state index in [0.29, 0.717) is 24.8 Å². The molecule has 25 heavy (non-hydrogen) atoms. The molecule has 0 saturated carbocycles. The van der Waals surface area contributed by atoms with Crippen molar-refractivity contribution in [2.24, 2.45) is 5.92 Å². The molecule has 1 heterocycles. The van der Waals surface area contributed by atoms with Crippen molar-refractivity contribution in [3.05, 3.63) is 34.6 Å². The average Bonchev–Trinajstić information content (AvgIpc) is 2.91. The van der Waals surface area contributed by atoms with E-state index in [1.807, 2.05) is 0 Å². The minimum atomic E-state index is -1.36. The van der Waals surface area contributed by atoms with E-state index in [0.717, 1.165) is 37.1 Å². The number of hydrogen-bond acceptors (Lipinski definition) is 4. The van der Waals surface area contributed by atoms with Crippen molar-refractivity contribution in [2.45, 2.75) is 50.3 Å². The summed E-state index contributed by atoms with van der Waals surface area (Å²) < 4.78 is 14.6. The van der Waals surface area contributed by atoms with Gasteiger partial charge in [0.25, 0.3) is 0 Å². The zero-order chi connectivity index (χ0) is 18.0. The van der Waals surface area contributed by atoms with Crippen molar-refractivity contribution in [3.8, 4) is 0 Å². The first kappa shape index (κ1) is 18.4. The molecule has 0 radical (unpaired) electrons. The van der Waals surface area contributed by atoms with Crippen molar-refractivity contribution in [1.29, 1.82) is 0 Å². The quantitative estimate of drug-likeness (QED) is 0.589. The third-order valence-electron chi connectivity index (χ3n) is 5.63. The van der Waals surface area contributed by atoms with Crippen LogP contribution in [0, 0.1) is 11.7 Å². The third kappa shape index (κ3) is 4.05. The van der Waals surface area contributed by atoms with Gasteiger partial charge in [-0.05, 0) is 79.7 Å². The molecule has 0 amide bonds. The van der Waals surface area contributed by atoms with Gasteiger partial charge in [0, 0.05) is 0 Å². The number of carbonyl (C=O) groups is 1. The average molecular weight is 349 g/mol. The summed E-state index contributed by atoms with van der Waals surface area (Å²) in [6.45, 7) is 1.71. The Kier molecular flexibility index (Phi) is 5.76. The van der Waals surface area contributed by atoms with E-state index in [4.69, 9.17) is 10.0 Å². The first-order valence-electron chi connectivity index (χ1n) is 9.09. The van der Waals surface area contributed by atoms with Gasteiger partial charge in [0.1, 0.15) is 5.82 Å². The lowest BCUT2D eigenvalue weighted by molar-refractivity contribution is -0.139. The Balaban J connectivity index is 1.83. The topological polar surface area (TPSA) is 89.8 Å². The lowest BCUT2D eigenvalue weighted by Gasteiger charge is -2.24. The number of benzene rings is 1. The predicted octanol–water partition coefficient (Wildman–Crippen LogP) is 1.89. The van der Waals surface area contributed by atoms with Gasteiger partial charge in [-0.15, -0.1) is 0 Å². The molecule has 0 spiro atoms. The maximum Gasteiger partial charge on any atom is 0.451 e. The largest absolute Gasteiger partial charge is 0.481 e. The molecule has 2 aliphatic rings. The van der Waals surface area contributed by atoms with Crippen molar-refractivity contribution in [2.75, 3.05) is 13.1 Å². The minimum absolute atomic E-state index is 0.117. The number of aliphatic carboxylic acids is 1. The minimum Gasteiger partial charge on any atom is -0.481 e. The van der Waals surface area contributed by atoms with E-state index in [1.54, 1.807) is 6.07 Å². The zero-order valence-electron chi connectivity index (χ0n) is 14.2. The molecule has 0 bridgehead atoms. The maximum absolute atomic E-state index is 14.6. The molecular weight excluding hydrogens is 324 g/mol. The molecule has 7 heteroatoms. The van der Waals surface area contributed by atoms with Gasteiger partial charge in [0.2, 0.25) is 0 Å². The third-order valence-corrected chi connectivity index (χ3v) is 5.63. The molecule has 1 fully saturated rings. The Morgan fingerprint density at radius 2 is 1.96 bits per heavy atom. The molecule has 2 unspecified atom stereocenters. The van der Waals surface area contributed by atoms with Crippen molar-refractivity contribution in [3.63, 3.8) is 0 Å². The van der Waals surface area contributed by atoms with Crippen LogP contribution in [0.2, 0.25) is 6.32 Å². The van der Waals surface area contributed by atoms with Crippen molar-refractivity contribution in [1.82, 2.24) is 5.32 Å². The number of nitrogens with one attached hydrogen (secondary N) is 1. The SMILES string of the molecule is O=C(O)C1c2cc(C3CCNCC3)c(F)cc2CC1CCCB(O)O. The van der Waals surface area contributed by atoms with Crippen LogP contribution in [0.5, 0.6) is 0 Å². The highest BCUT2D eigenvalue weighted by molar-refractivity contribution is 6.40. The van der Waals surface area contributed by atoms with E-state index >= 15 is 0 Å². The van der Waals surface area contributed by atoms with Gasteiger partial charge in [0.05, 0.1) is 5.92 Å². The van der Waals surface area contributed by atoms with Gasteiger partial charge in [-0.25, -0.2) is 4.39 Å². The van der Waals surface area contributed by atoms with Crippen LogP contribution in [0.4, 0.5) is 4.39 Å². The molecule has 4 N–H and O–H groups in total. The van der Waals surface area contributed by atoms with Crippen LogP contribution in [0.3, 0.4) is 0 Å². The Morgan fingerprint density at radius 1 is 1.24 bits per heavy atom. The summed E-state index contributed by atoms with van der Waals surface area (Å²) in [5.41, 5.74) is 2.19. The van der Waals surface area contributed by atoms with Gasteiger partial charge in [-0.3, -0.25) is 4.79 Å². The number of hydrogen-bond donors (Lipinski definition) is 4. The number of halogens is 1. The summed E-state index contributed by atoms with van der Waals surface area (Å²) in [4.78, 5) is 11.8. The lowest BCUT2D eigenvalue weighted by atomic mass is 9.80. The summed E-state index contributed by atoms with van der Waals surface area (Å²) >= 11 is 0. The summed E-state index contributed by atoms with van der Waals surface area (Å²) in [6.07, 6.45) is 3.64. The number of piperidine rings is 1. The highest BCUT2D eigenvalue weighted by Crippen LogP contribution is 2.43. The molecule has 2 atom stereocenters. The molecule has 3 rings (SSSR count). The van der Waals surface area contributed by atoms with Crippen LogP contribution in [0.1, 0.15) is 54.2 Å². The predicted molar refractivity (Wildman–Crippen MR) is 93.0 cm³/mol. The van der Waals surface area contributed by atoms with Gasteiger partial charge < -0.3 is 20.5 Å². The molecule has 0 aromatic heterocycles. The standard InChI is InChI=1S/C18H25BFNO4/c20-16-9-13-8-12(2-1-5-19(24)25)17(18(22)23)15(13)10-14(16)11-3-6-21-7-4-11/h9-12,17,21,24-25H,1-8H2,(H,22,23). The Morgan fingerprint density at radius 3 is 2.60 bits per heavy atom. The highest BCUT2D eigenvalue weighted by Gasteiger charge is 2.38. The van der Waals surface area contributed by atoms with Crippen LogP contribution in [-0.2, 0) is 11.2 Å². The van der Waals surface area contributed by atoms with E-state index in [1.165, 1.54) is 6.07 Å². The first-order valence-corrected chi connectivity index (χ1v) is 9.09. The van der Waals surface area contributed by atoms with Crippen LogP contribution in [0.25, 0.3) is 0 Å². The second-order valence-electron chi connectivity index (χ2n) is 7.29. The normalized spacial score (nSPS) is 23.5. The molecule has 5 nitrogen and oxygen atoms in total. The summed E-state index contributed by atoms with van der Waals surface area (Å²) in [7, 11) is -1.36. The second-order valence-corrected chi connectivity index (χ2v) is 7.29. The van der Waals surface area contributed by atoms with Crippen LogP contribution in [-0.4, -0.2) is 41.3 Å². The summed E-state index contributed by atoms with van der Waals surface area (Å²) in [5, 5.41) is 30.9. The number of fused-ring (bicyclic) bond motifs is 1. The van der Waals surface area contributed by atoms with Gasteiger partial charge in [-0.1, -0.05) is 12.5 Å². The van der Waals surface area contributed by atoms with Crippen molar-refractivity contribution < 1.29 is 24.3 Å². The Labute approximate surface area is 147 Å². The van der Waals surface area contributed by atoms with Crippen LogP contribution < -0.4 is 5.32 Å². The van der Waals surface area contributed by atoms with E-state index in [9.17, 15) is 14.3 Å². The fourth-order valence-corrected chi connectivity index (χ4v) is 4.38. The van der Waals surface area contributed by atoms with Gasteiger partial charge in [-0.2, -0.15) is 0 Å². The van der Waals surface area contributed by atoms with E-state index in [-0.39, 0.29) is 24.0 Å². The van der Waals surface area contributed by atoms with Crippen molar-refractivity contribution >= 4 is 13.1 Å². The monoisotopic (exact) mass is 349 g/mol. The van der Waals surface area contributed by atoms with E-state index < -0.39 is 19.0 Å². The first-order chi connectivity index (χ1) is 12.0. The number of carboxylic acids is 1. The number of rotatable bonds is 6. The van der Waals surface area contributed by atoms with Crippen LogP contribution >= 0.6 is 0 Å². The molecule has 1 aromatic carbocycles. The summed E-state index contributed by atoms with van der Waals surface area (Å²) in [6, 6.07) is 3.32. The van der Waals surface area contributed by atoms with Gasteiger partial charge >= 0.3 is 13.1 Å². The second kappa shape index (κ2) is 7.85. The van der Waals surface area contributed by atoms with E-state index in [2.05, 4.69) is 5.32 Å². The van der Waals surface area contributed by atoms with Gasteiger partial charge in [0.15, 0.2) is 0 Å². The molecule has 1 aliphatic heterocycles. The fraction of sp³-hybridized carbons (Fsp3) is 0.611. The molecule has 1 aromatic rings. The molecule has 1 saturated heterocycles. The number of carboxylic acid groups (broad SMARTS) is 1. The molecule has 136 valence electrons. The summed E-state index contributed by atoms with van der Waals surface area (Å²) in [5.74, 6) is -1.71. The lowest BCUT2D eigenvalue weighted by Crippen LogP contribution is -2.27. The highest BCUT2D eigenvalue weighted by atomic mass is 19.1. The molecule has 1 aliphatic carbocycles. The van der Waals surface area contributed by atoms with Crippen LogP contribution in [0.15, 0.2) is 12.1 Å². The fourth-order valence-electron chi connectivity index (χ4n) is 4.38.